The van der Waals surface area contributed by atoms with Crippen molar-refractivity contribution >= 4 is 39.9 Å². The molecule has 2 N–H and O–H groups in total. The summed E-state index contributed by atoms with van der Waals surface area (Å²) in [5, 5.41) is 1.95. The topological polar surface area (TPSA) is 38.9 Å². The van der Waals surface area contributed by atoms with Gasteiger partial charge in [0.15, 0.2) is 0 Å². The molecule has 0 amide bonds. The number of benzene rings is 1. The second kappa shape index (κ2) is 3.30. The zero-order valence-electron chi connectivity index (χ0n) is 7.51. The molecule has 14 heavy (non-hydrogen) atoms. The summed E-state index contributed by atoms with van der Waals surface area (Å²) in [5.41, 5.74) is 7.28. The van der Waals surface area contributed by atoms with E-state index in [0.29, 0.717) is 15.9 Å². The lowest BCUT2D eigenvalue weighted by atomic mass is 10.1. The van der Waals surface area contributed by atoms with E-state index >= 15 is 0 Å². The minimum Gasteiger partial charge on any atom is -0.384 e. The van der Waals surface area contributed by atoms with Gasteiger partial charge in [0.2, 0.25) is 0 Å². The van der Waals surface area contributed by atoms with Crippen LogP contribution in [0.1, 0.15) is 5.56 Å². The summed E-state index contributed by atoms with van der Waals surface area (Å²) in [7, 11) is 0. The number of aryl methyl sites for hydroxylation is 1. The Hall–Kier alpha value is -0.990. The summed E-state index contributed by atoms with van der Waals surface area (Å²) >= 11 is 12.2. The standard InChI is InChI=1S/C10H8Cl2N2/c1-5-2-3-7-9(10(5)12)6(11)4-8(13)14-7/h2-4H,1H3,(H2,13,14). The zero-order valence-corrected chi connectivity index (χ0v) is 9.02. The molecule has 0 saturated heterocycles. The smallest absolute Gasteiger partial charge is 0.125 e. The summed E-state index contributed by atoms with van der Waals surface area (Å²) in [5.74, 6) is 0.405. The molecule has 1 heterocycles. The molecule has 0 fully saturated rings. The van der Waals surface area contributed by atoms with Crippen LogP contribution in [0.4, 0.5) is 5.82 Å². The van der Waals surface area contributed by atoms with E-state index in [4.69, 9.17) is 28.9 Å². The predicted octanol–water partition coefficient (Wildman–Crippen LogP) is 3.43. The second-order valence-electron chi connectivity index (χ2n) is 3.12. The molecule has 72 valence electrons. The normalized spacial score (nSPS) is 10.8. The van der Waals surface area contributed by atoms with Gasteiger partial charge >= 0.3 is 0 Å². The average molecular weight is 227 g/mol. The van der Waals surface area contributed by atoms with Crippen molar-refractivity contribution in [2.24, 2.45) is 0 Å². The third-order valence-corrected chi connectivity index (χ3v) is 2.86. The first-order chi connectivity index (χ1) is 6.59. The highest BCUT2D eigenvalue weighted by Crippen LogP contribution is 2.32. The lowest BCUT2D eigenvalue weighted by Crippen LogP contribution is -1.92. The number of rotatable bonds is 0. The first-order valence-electron chi connectivity index (χ1n) is 4.10. The van der Waals surface area contributed by atoms with E-state index in [-0.39, 0.29) is 0 Å². The van der Waals surface area contributed by atoms with E-state index in [2.05, 4.69) is 4.98 Å². The van der Waals surface area contributed by atoms with Crippen molar-refractivity contribution in [2.75, 3.05) is 5.73 Å². The summed E-state index contributed by atoms with van der Waals surface area (Å²) < 4.78 is 0. The lowest BCUT2D eigenvalue weighted by molar-refractivity contribution is 1.40. The van der Waals surface area contributed by atoms with Crippen LogP contribution in [0, 0.1) is 6.92 Å². The summed E-state index contributed by atoms with van der Waals surface area (Å²) in [6, 6.07) is 5.36. The molecule has 4 heteroatoms. The molecule has 0 spiro atoms. The maximum absolute atomic E-state index is 6.12. The van der Waals surface area contributed by atoms with Crippen molar-refractivity contribution in [2.45, 2.75) is 6.92 Å². The number of nitrogens with two attached hydrogens (primary N) is 1. The Kier molecular flexibility index (Phi) is 2.25. The molecule has 0 radical (unpaired) electrons. The third kappa shape index (κ3) is 1.41. The maximum Gasteiger partial charge on any atom is 0.125 e. The first-order valence-corrected chi connectivity index (χ1v) is 4.86. The minimum absolute atomic E-state index is 0.405. The summed E-state index contributed by atoms with van der Waals surface area (Å²) in [6.45, 7) is 1.93. The van der Waals surface area contributed by atoms with Gasteiger partial charge in [0.1, 0.15) is 5.82 Å². The van der Waals surface area contributed by atoms with E-state index in [9.17, 15) is 0 Å². The Bertz CT molecular complexity index is 509. The van der Waals surface area contributed by atoms with Gasteiger partial charge in [0.05, 0.1) is 15.6 Å². The Morgan fingerprint density at radius 3 is 2.71 bits per heavy atom. The summed E-state index contributed by atoms with van der Waals surface area (Å²) in [6.07, 6.45) is 0. The van der Waals surface area contributed by atoms with E-state index in [1.54, 1.807) is 6.07 Å². The molecule has 0 unspecified atom stereocenters. The number of fused-ring (bicyclic) bond motifs is 1. The Morgan fingerprint density at radius 1 is 1.29 bits per heavy atom. The maximum atomic E-state index is 6.12. The first kappa shape index (κ1) is 9.56. The van der Waals surface area contributed by atoms with Crippen LogP contribution in [0.25, 0.3) is 10.9 Å². The van der Waals surface area contributed by atoms with Crippen LogP contribution < -0.4 is 5.73 Å². The van der Waals surface area contributed by atoms with Gasteiger partial charge in [-0.3, -0.25) is 0 Å². The number of anilines is 1. The van der Waals surface area contributed by atoms with Gasteiger partial charge in [-0.25, -0.2) is 4.98 Å². The second-order valence-corrected chi connectivity index (χ2v) is 3.90. The van der Waals surface area contributed by atoms with E-state index < -0.39 is 0 Å². The van der Waals surface area contributed by atoms with Crippen molar-refractivity contribution < 1.29 is 0 Å². The molecule has 2 nitrogen and oxygen atoms in total. The molecule has 2 rings (SSSR count). The molecule has 0 aliphatic heterocycles. The number of nitrogen functional groups attached to an aromatic ring is 1. The Balaban J connectivity index is 2.95. The molecule has 1 aromatic carbocycles. The molecular formula is C10H8Cl2N2. The molecule has 0 bridgehead atoms. The van der Waals surface area contributed by atoms with Crippen molar-refractivity contribution in [3.05, 3.63) is 33.8 Å². The molecule has 0 saturated carbocycles. The monoisotopic (exact) mass is 226 g/mol. The van der Waals surface area contributed by atoms with Gasteiger partial charge in [-0.2, -0.15) is 0 Å². The van der Waals surface area contributed by atoms with Gasteiger partial charge < -0.3 is 5.73 Å². The van der Waals surface area contributed by atoms with Gasteiger partial charge in [-0.05, 0) is 24.6 Å². The van der Waals surface area contributed by atoms with Gasteiger partial charge in [-0.1, -0.05) is 29.3 Å². The number of nitrogens with zero attached hydrogens (tertiary/aromatic N) is 1. The van der Waals surface area contributed by atoms with Gasteiger partial charge in [-0.15, -0.1) is 0 Å². The fraction of sp³-hybridized carbons (Fsp3) is 0.100. The summed E-state index contributed by atoms with van der Waals surface area (Å²) in [4.78, 5) is 4.15. The largest absolute Gasteiger partial charge is 0.384 e. The van der Waals surface area contributed by atoms with Crippen molar-refractivity contribution in [3.8, 4) is 0 Å². The quantitative estimate of drug-likeness (QED) is 0.748. The van der Waals surface area contributed by atoms with E-state index in [0.717, 1.165) is 16.5 Å². The average Bonchev–Trinajstić information content (AvgIpc) is 2.10. The van der Waals surface area contributed by atoms with Crippen LogP contribution in [-0.2, 0) is 0 Å². The molecular weight excluding hydrogens is 219 g/mol. The fourth-order valence-electron chi connectivity index (χ4n) is 1.36. The highest BCUT2D eigenvalue weighted by molar-refractivity contribution is 6.42. The lowest BCUT2D eigenvalue weighted by Gasteiger charge is -2.05. The molecule has 2 aromatic rings. The Morgan fingerprint density at radius 2 is 2.00 bits per heavy atom. The SMILES string of the molecule is Cc1ccc2nc(N)cc(Cl)c2c1Cl. The van der Waals surface area contributed by atoms with Gasteiger partial charge in [0, 0.05) is 5.39 Å². The highest BCUT2D eigenvalue weighted by Gasteiger charge is 2.08. The van der Waals surface area contributed by atoms with E-state index in [1.807, 2.05) is 19.1 Å². The predicted molar refractivity (Wildman–Crippen MR) is 60.9 cm³/mol. The highest BCUT2D eigenvalue weighted by atomic mass is 35.5. The molecule has 0 aliphatic carbocycles. The molecule has 0 atom stereocenters. The Labute approximate surface area is 91.6 Å². The minimum atomic E-state index is 0.405. The van der Waals surface area contributed by atoms with Crippen LogP contribution in [0.3, 0.4) is 0 Å². The van der Waals surface area contributed by atoms with E-state index in [1.165, 1.54) is 0 Å². The third-order valence-electron chi connectivity index (χ3n) is 2.08. The van der Waals surface area contributed by atoms with Crippen LogP contribution in [-0.4, -0.2) is 4.98 Å². The van der Waals surface area contributed by atoms with Crippen LogP contribution in [0.15, 0.2) is 18.2 Å². The van der Waals surface area contributed by atoms with Crippen LogP contribution >= 0.6 is 23.2 Å². The number of halogens is 2. The van der Waals surface area contributed by atoms with Crippen molar-refractivity contribution in [1.29, 1.82) is 0 Å². The van der Waals surface area contributed by atoms with Crippen molar-refractivity contribution in [1.82, 2.24) is 4.98 Å². The molecule has 0 aliphatic rings. The number of pyridine rings is 1. The molecule has 1 aromatic heterocycles. The zero-order chi connectivity index (χ0) is 10.3. The number of hydrogen-bond acceptors (Lipinski definition) is 2. The number of hydrogen-bond donors (Lipinski definition) is 1. The fourth-order valence-corrected chi connectivity index (χ4v) is 1.98. The van der Waals surface area contributed by atoms with Crippen molar-refractivity contribution in [3.63, 3.8) is 0 Å². The van der Waals surface area contributed by atoms with Gasteiger partial charge in [0.25, 0.3) is 0 Å². The van der Waals surface area contributed by atoms with Crippen LogP contribution in [0.2, 0.25) is 10.0 Å². The van der Waals surface area contributed by atoms with Crippen LogP contribution in [0.5, 0.6) is 0 Å². The number of aromatic nitrogens is 1.